The first-order chi connectivity index (χ1) is 10.3. The molecule has 2 aromatic carbocycles. The average molecular weight is 339 g/mol. The summed E-state index contributed by atoms with van der Waals surface area (Å²) in [7, 11) is 0. The van der Waals surface area contributed by atoms with E-state index in [0.717, 1.165) is 0 Å². The standard InChI is InChI=1S/C16H16Cl2N2O2/c1-16(2,22-12-6-3-10(17)4-7-12)15(21)20-14-8-5-11(19)9-13(14)18/h3-9H,19H2,1-2H3,(H,20,21). The summed E-state index contributed by atoms with van der Waals surface area (Å²) in [6.45, 7) is 3.34. The van der Waals surface area contributed by atoms with E-state index < -0.39 is 5.60 Å². The molecule has 0 saturated carbocycles. The topological polar surface area (TPSA) is 64.3 Å². The highest BCUT2D eigenvalue weighted by atomic mass is 35.5. The predicted octanol–water partition coefficient (Wildman–Crippen LogP) is 4.37. The van der Waals surface area contributed by atoms with Crippen LogP contribution in [0.4, 0.5) is 11.4 Å². The van der Waals surface area contributed by atoms with E-state index in [4.69, 9.17) is 33.7 Å². The van der Waals surface area contributed by atoms with Gasteiger partial charge in [-0.3, -0.25) is 4.79 Å². The molecule has 0 heterocycles. The van der Waals surface area contributed by atoms with Gasteiger partial charge in [0.1, 0.15) is 5.75 Å². The van der Waals surface area contributed by atoms with Crippen LogP contribution in [0.5, 0.6) is 5.75 Å². The van der Waals surface area contributed by atoms with Crippen LogP contribution in [0, 0.1) is 0 Å². The smallest absolute Gasteiger partial charge is 0.268 e. The van der Waals surface area contributed by atoms with Crippen molar-refractivity contribution in [2.45, 2.75) is 19.4 Å². The van der Waals surface area contributed by atoms with Crippen molar-refractivity contribution < 1.29 is 9.53 Å². The van der Waals surface area contributed by atoms with E-state index >= 15 is 0 Å². The van der Waals surface area contributed by atoms with Crippen molar-refractivity contribution in [3.05, 3.63) is 52.5 Å². The van der Waals surface area contributed by atoms with Gasteiger partial charge in [0.25, 0.3) is 5.91 Å². The normalized spacial score (nSPS) is 11.1. The molecule has 0 saturated heterocycles. The number of amides is 1. The minimum absolute atomic E-state index is 0.325. The lowest BCUT2D eigenvalue weighted by atomic mass is 10.1. The highest BCUT2D eigenvalue weighted by molar-refractivity contribution is 6.34. The molecule has 4 nitrogen and oxygen atoms in total. The maximum absolute atomic E-state index is 12.4. The number of carbonyl (C=O) groups excluding carboxylic acids is 1. The summed E-state index contributed by atoms with van der Waals surface area (Å²) in [6, 6.07) is 11.7. The molecule has 0 aromatic heterocycles. The Hall–Kier alpha value is -1.91. The third-order valence-corrected chi connectivity index (χ3v) is 3.54. The number of nitrogen functional groups attached to an aromatic ring is 1. The van der Waals surface area contributed by atoms with Gasteiger partial charge < -0.3 is 15.8 Å². The van der Waals surface area contributed by atoms with Crippen molar-refractivity contribution in [3.8, 4) is 5.75 Å². The summed E-state index contributed by atoms with van der Waals surface area (Å²) in [5, 5.41) is 3.70. The first-order valence-electron chi connectivity index (χ1n) is 6.59. The van der Waals surface area contributed by atoms with E-state index in [0.29, 0.717) is 27.2 Å². The van der Waals surface area contributed by atoms with Gasteiger partial charge in [-0.1, -0.05) is 23.2 Å². The lowest BCUT2D eigenvalue weighted by Gasteiger charge is -2.25. The van der Waals surface area contributed by atoms with Gasteiger partial charge in [0, 0.05) is 10.7 Å². The van der Waals surface area contributed by atoms with Crippen LogP contribution >= 0.6 is 23.2 Å². The minimum Gasteiger partial charge on any atom is -0.478 e. The maximum Gasteiger partial charge on any atom is 0.268 e. The molecule has 3 N–H and O–H groups in total. The second kappa shape index (κ2) is 6.46. The van der Waals surface area contributed by atoms with Gasteiger partial charge in [0.15, 0.2) is 5.60 Å². The molecule has 0 fully saturated rings. The molecule has 2 aromatic rings. The van der Waals surface area contributed by atoms with Crippen LogP contribution in [0.2, 0.25) is 10.0 Å². The summed E-state index contributed by atoms with van der Waals surface area (Å²) in [5.41, 5.74) is 5.55. The van der Waals surface area contributed by atoms with Crippen LogP contribution in [0.15, 0.2) is 42.5 Å². The van der Waals surface area contributed by atoms with Crippen molar-refractivity contribution in [1.29, 1.82) is 0 Å². The summed E-state index contributed by atoms with van der Waals surface area (Å²) >= 11 is 11.9. The minimum atomic E-state index is -1.08. The zero-order valence-corrected chi connectivity index (χ0v) is 13.7. The van der Waals surface area contributed by atoms with Crippen LogP contribution in [-0.4, -0.2) is 11.5 Å². The number of hydrogen-bond acceptors (Lipinski definition) is 3. The number of nitrogens with one attached hydrogen (secondary N) is 1. The fourth-order valence-electron chi connectivity index (χ4n) is 1.75. The zero-order valence-electron chi connectivity index (χ0n) is 12.2. The molecule has 0 bridgehead atoms. The Morgan fingerprint density at radius 3 is 2.36 bits per heavy atom. The fourth-order valence-corrected chi connectivity index (χ4v) is 2.11. The first-order valence-corrected chi connectivity index (χ1v) is 7.34. The largest absolute Gasteiger partial charge is 0.478 e. The molecule has 6 heteroatoms. The molecule has 0 atom stereocenters. The second-order valence-corrected chi connectivity index (χ2v) is 6.10. The summed E-state index contributed by atoms with van der Waals surface area (Å²) in [5.74, 6) is 0.224. The number of benzene rings is 2. The Morgan fingerprint density at radius 2 is 1.77 bits per heavy atom. The van der Waals surface area contributed by atoms with Crippen molar-refractivity contribution in [3.63, 3.8) is 0 Å². The van der Waals surface area contributed by atoms with E-state index in [1.165, 1.54) is 0 Å². The third kappa shape index (κ3) is 4.06. The number of carbonyl (C=O) groups is 1. The molecule has 0 unspecified atom stereocenters. The number of rotatable bonds is 4. The molecule has 0 spiro atoms. The van der Waals surface area contributed by atoms with Crippen molar-refractivity contribution in [2.24, 2.45) is 0 Å². The molecule has 2 rings (SSSR count). The number of ether oxygens (including phenoxy) is 1. The maximum atomic E-state index is 12.4. The second-order valence-electron chi connectivity index (χ2n) is 5.26. The van der Waals surface area contributed by atoms with E-state index in [1.54, 1.807) is 56.3 Å². The van der Waals surface area contributed by atoms with E-state index in [9.17, 15) is 4.79 Å². The summed E-state index contributed by atoms with van der Waals surface area (Å²) in [6.07, 6.45) is 0. The monoisotopic (exact) mass is 338 g/mol. The van der Waals surface area contributed by atoms with Crippen molar-refractivity contribution in [1.82, 2.24) is 0 Å². The van der Waals surface area contributed by atoms with Crippen LogP contribution in [0.25, 0.3) is 0 Å². The quantitative estimate of drug-likeness (QED) is 0.813. The Bertz CT molecular complexity index is 685. The van der Waals surface area contributed by atoms with Gasteiger partial charge >= 0.3 is 0 Å². The average Bonchev–Trinajstić information content (AvgIpc) is 2.44. The molecule has 116 valence electrons. The Labute approximate surface area is 139 Å². The van der Waals surface area contributed by atoms with E-state index in [1.807, 2.05) is 0 Å². The first kappa shape index (κ1) is 16.5. The van der Waals surface area contributed by atoms with Gasteiger partial charge in [-0.05, 0) is 56.3 Å². The highest BCUT2D eigenvalue weighted by Crippen LogP contribution is 2.26. The van der Waals surface area contributed by atoms with Gasteiger partial charge in [-0.15, -0.1) is 0 Å². The molecule has 1 amide bonds. The molecule has 0 aliphatic heterocycles. The molecule has 0 radical (unpaired) electrons. The molecule has 0 aliphatic carbocycles. The van der Waals surface area contributed by atoms with Crippen LogP contribution < -0.4 is 15.8 Å². The fraction of sp³-hybridized carbons (Fsp3) is 0.188. The molecule has 0 aliphatic rings. The van der Waals surface area contributed by atoms with Crippen molar-refractivity contribution >= 4 is 40.5 Å². The van der Waals surface area contributed by atoms with E-state index in [-0.39, 0.29) is 5.91 Å². The zero-order chi connectivity index (χ0) is 16.3. The van der Waals surface area contributed by atoms with Gasteiger partial charge in [-0.25, -0.2) is 0 Å². The van der Waals surface area contributed by atoms with Crippen molar-refractivity contribution in [2.75, 3.05) is 11.1 Å². The number of anilines is 2. The van der Waals surface area contributed by atoms with E-state index in [2.05, 4.69) is 5.32 Å². The van der Waals surface area contributed by atoms with Crippen LogP contribution in [-0.2, 0) is 4.79 Å². The van der Waals surface area contributed by atoms with Crippen LogP contribution in [0.1, 0.15) is 13.8 Å². The highest BCUT2D eigenvalue weighted by Gasteiger charge is 2.30. The number of nitrogens with two attached hydrogens (primary N) is 1. The Kier molecular flexibility index (Phi) is 4.84. The number of halogens is 2. The summed E-state index contributed by atoms with van der Waals surface area (Å²) in [4.78, 5) is 12.4. The Balaban J connectivity index is 2.11. The SMILES string of the molecule is CC(C)(Oc1ccc(Cl)cc1)C(=O)Nc1ccc(N)cc1Cl. The van der Waals surface area contributed by atoms with Gasteiger partial charge in [0.2, 0.25) is 0 Å². The van der Waals surface area contributed by atoms with Crippen LogP contribution in [0.3, 0.4) is 0 Å². The summed E-state index contributed by atoms with van der Waals surface area (Å²) < 4.78 is 5.72. The lowest BCUT2D eigenvalue weighted by Crippen LogP contribution is -2.42. The predicted molar refractivity (Wildman–Crippen MR) is 90.7 cm³/mol. The molecular formula is C16H16Cl2N2O2. The third-order valence-electron chi connectivity index (χ3n) is 2.97. The molecule has 22 heavy (non-hydrogen) atoms. The van der Waals surface area contributed by atoms with Gasteiger partial charge in [-0.2, -0.15) is 0 Å². The molecular weight excluding hydrogens is 323 g/mol. The lowest BCUT2D eigenvalue weighted by molar-refractivity contribution is -0.128. The Morgan fingerprint density at radius 1 is 1.14 bits per heavy atom. The number of hydrogen-bond donors (Lipinski definition) is 2. The van der Waals surface area contributed by atoms with Gasteiger partial charge in [0.05, 0.1) is 10.7 Å².